The SMILES string of the molecule is CC(=O)O/C(=C(\C(C)C)N1CCC[C@H]1C(=O)NC(=O)[C@H](C)NC(=O)[C@H](C)NC(=O)OC(C)(C)C)C(F)(F)F. The van der Waals surface area contributed by atoms with Gasteiger partial charge in [-0.2, -0.15) is 13.2 Å². The Bertz CT molecular complexity index is 958. The summed E-state index contributed by atoms with van der Waals surface area (Å²) in [6, 6.07) is -3.42. The highest BCUT2D eigenvalue weighted by Gasteiger charge is 2.45. The Kier molecular flexibility index (Phi) is 11.2. The number of halogens is 3. The summed E-state index contributed by atoms with van der Waals surface area (Å²) >= 11 is 0. The first-order valence-electron chi connectivity index (χ1n) is 12.2. The van der Waals surface area contributed by atoms with Gasteiger partial charge in [-0.1, -0.05) is 13.8 Å². The first kappa shape index (κ1) is 32.7. The van der Waals surface area contributed by atoms with Crippen LogP contribution in [0, 0.1) is 5.92 Å². The molecule has 0 aromatic heterocycles. The van der Waals surface area contributed by atoms with Crippen molar-refractivity contribution in [1.29, 1.82) is 0 Å². The third-order valence-electron chi connectivity index (χ3n) is 5.27. The lowest BCUT2D eigenvalue weighted by Gasteiger charge is -2.32. The van der Waals surface area contributed by atoms with Gasteiger partial charge in [-0.05, 0) is 53.4 Å². The van der Waals surface area contributed by atoms with Gasteiger partial charge < -0.3 is 25.0 Å². The number of hydrogen-bond donors (Lipinski definition) is 3. The van der Waals surface area contributed by atoms with Crippen molar-refractivity contribution in [3.63, 3.8) is 0 Å². The summed E-state index contributed by atoms with van der Waals surface area (Å²) in [5.41, 5.74) is -1.16. The number of amides is 4. The summed E-state index contributed by atoms with van der Waals surface area (Å²) in [7, 11) is 0. The van der Waals surface area contributed by atoms with E-state index in [2.05, 4.69) is 20.7 Å². The van der Waals surface area contributed by atoms with Crippen LogP contribution in [0.3, 0.4) is 0 Å². The van der Waals surface area contributed by atoms with Crippen LogP contribution in [0.4, 0.5) is 18.0 Å². The predicted molar refractivity (Wildman–Crippen MR) is 129 cm³/mol. The number of ether oxygens (including phenoxy) is 2. The van der Waals surface area contributed by atoms with E-state index in [4.69, 9.17) is 4.74 Å². The maximum absolute atomic E-state index is 13.7. The highest BCUT2D eigenvalue weighted by atomic mass is 19.4. The minimum atomic E-state index is -4.99. The van der Waals surface area contributed by atoms with Crippen LogP contribution in [0.1, 0.15) is 68.2 Å². The smallest absolute Gasteiger partial charge is 0.444 e. The summed E-state index contributed by atoms with van der Waals surface area (Å²) < 4.78 is 50.8. The Balaban J connectivity index is 2.96. The van der Waals surface area contributed by atoms with Crippen LogP contribution in [0.25, 0.3) is 0 Å². The van der Waals surface area contributed by atoms with E-state index in [1.165, 1.54) is 32.6 Å². The van der Waals surface area contributed by atoms with Crippen LogP contribution >= 0.6 is 0 Å². The van der Waals surface area contributed by atoms with Crippen molar-refractivity contribution in [2.75, 3.05) is 6.54 Å². The van der Waals surface area contributed by atoms with Crippen LogP contribution in [0.2, 0.25) is 0 Å². The molecule has 1 heterocycles. The zero-order valence-electron chi connectivity index (χ0n) is 22.9. The number of alkyl carbamates (subject to hydrolysis) is 1. The molecule has 0 aliphatic carbocycles. The van der Waals surface area contributed by atoms with E-state index in [1.807, 2.05) is 0 Å². The molecule has 1 fully saturated rings. The topological polar surface area (TPSA) is 143 Å². The Hall–Kier alpha value is -3.32. The number of nitrogens with zero attached hydrogens (tertiary/aromatic N) is 1. The number of allylic oxidation sites excluding steroid dienone is 2. The second-order valence-electron chi connectivity index (χ2n) is 10.3. The Morgan fingerprint density at radius 3 is 1.95 bits per heavy atom. The summed E-state index contributed by atoms with van der Waals surface area (Å²) in [4.78, 5) is 62.3. The van der Waals surface area contributed by atoms with Crippen molar-refractivity contribution < 1.29 is 46.6 Å². The number of hydrogen-bond acceptors (Lipinski definition) is 8. The van der Waals surface area contributed by atoms with Gasteiger partial charge in [-0.25, -0.2) is 4.79 Å². The molecule has 0 bridgehead atoms. The molecule has 0 radical (unpaired) electrons. The van der Waals surface area contributed by atoms with Gasteiger partial charge in [0.15, 0.2) is 0 Å². The number of likely N-dealkylation sites (tertiary alicyclic amines) is 1. The number of nitrogens with one attached hydrogen (secondary N) is 3. The molecule has 216 valence electrons. The quantitative estimate of drug-likeness (QED) is 0.309. The molecule has 1 aliphatic rings. The predicted octanol–water partition coefficient (Wildman–Crippen LogP) is 2.50. The highest BCUT2D eigenvalue weighted by molar-refractivity contribution is 6.01. The molecular formula is C24H37F3N4O7. The zero-order valence-corrected chi connectivity index (χ0v) is 22.9. The van der Waals surface area contributed by atoms with Crippen molar-refractivity contribution in [2.45, 2.75) is 98.1 Å². The van der Waals surface area contributed by atoms with Crippen molar-refractivity contribution in [1.82, 2.24) is 20.9 Å². The van der Waals surface area contributed by atoms with Crippen molar-refractivity contribution in [3.05, 3.63) is 11.5 Å². The fourth-order valence-corrected chi connectivity index (χ4v) is 3.72. The minimum absolute atomic E-state index is 0.0702. The lowest BCUT2D eigenvalue weighted by molar-refractivity contribution is -0.160. The van der Waals surface area contributed by atoms with Gasteiger partial charge >= 0.3 is 18.2 Å². The molecule has 0 aromatic rings. The Morgan fingerprint density at radius 2 is 1.47 bits per heavy atom. The highest BCUT2D eigenvalue weighted by Crippen LogP contribution is 2.37. The van der Waals surface area contributed by atoms with Crippen LogP contribution in [0.15, 0.2) is 11.5 Å². The summed E-state index contributed by atoms with van der Waals surface area (Å²) in [6.45, 7) is 11.4. The molecule has 38 heavy (non-hydrogen) atoms. The van der Waals surface area contributed by atoms with Gasteiger partial charge in [0, 0.05) is 13.5 Å². The lowest BCUT2D eigenvalue weighted by Crippen LogP contribution is -2.54. The van der Waals surface area contributed by atoms with E-state index in [0.717, 1.165) is 6.92 Å². The number of rotatable bonds is 8. The van der Waals surface area contributed by atoms with Gasteiger partial charge in [0.05, 0.1) is 5.70 Å². The maximum atomic E-state index is 13.7. The molecule has 1 rings (SSSR count). The average Bonchev–Trinajstić information content (AvgIpc) is 3.19. The van der Waals surface area contributed by atoms with Gasteiger partial charge in [-0.15, -0.1) is 0 Å². The van der Waals surface area contributed by atoms with E-state index < -0.39 is 71.4 Å². The van der Waals surface area contributed by atoms with Crippen molar-refractivity contribution in [3.8, 4) is 0 Å². The minimum Gasteiger partial charge on any atom is -0.444 e. The standard InChI is InChI=1S/C24H37F3N4O7/c1-12(2)17(18(24(25,26)27)37-15(5)32)31-11-9-10-16(31)21(35)30-20(34)13(3)28-19(33)14(4)29-22(36)38-23(6,7)8/h12-14,16H,9-11H2,1-8H3,(H,28,33)(H,29,36)(H,30,34,35)/b18-17+/t13-,14-,16-/m0/s1. The average molecular weight is 551 g/mol. The van der Waals surface area contributed by atoms with E-state index in [1.54, 1.807) is 20.8 Å². The number of carbonyl (C=O) groups is 5. The molecular weight excluding hydrogens is 513 g/mol. The van der Waals surface area contributed by atoms with Gasteiger partial charge in [0.1, 0.15) is 23.7 Å². The van der Waals surface area contributed by atoms with Crippen LogP contribution in [0.5, 0.6) is 0 Å². The molecule has 3 atom stereocenters. The number of alkyl halides is 3. The third kappa shape index (κ3) is 9.86. The fraction of sp³-hybridized carbons (Fsp3) is 0.708. The van der Waals surface area contributed by atoms with Crippen molar-refractivity contribution in [2.24, 2.45) is 5.92 Å². The second-order valence-corrected chi connectivity index (χ2v) is 10.3. The maximum Gasteiger partial charge on any atom is 0.451 e. The third-order valence-corrected chi connectivity index (χ3v) is 5.27. The molecule has 3 N–H and O–H groups in total. The second kappa shape index (κ2) is 13.0. The molecule has 1 aliphatic heterocycles. The van der Waals surface area contributed by atoms with E-state index in [9.17, 15) is 37.1 Å². The molecule has 1 saturated heterocycles. The van der Waals surface area contributed by atoms with Gasteiger partial charge in [-0.3, -0.25) is 24.5 Å². The summed E-state index contributed by atoms with van der Waals surface area (Å²) in [6.07, 6.45) is -5.32. The number of imide groups is 1. The van der Waals surface area contributed by atoms with Crippen molar-refractivity contribution >= 4 is 29.8 Å². The molecule has 0 spiro atoms. The van der Waals surface area contributed by atoms with Crippen LogP contribution in [-0.2, 0) is 28.7 Å². The molecule has 11 nitrogen and oxygen atoms in total. The first-order valence-corrected chi connectivity index (χ1v) is 12.2. The fourth-order valence-electron chi connectivity index (χ4n) is 3.72. The largest absolute Gasteiger partial charge is 0.451 e. The summed E-state index contributed by atoms with van der Waals surface area (Å²) in [5, 5.41) is 6.79. The first-order chi connectivity index (χ1) is 17.2. The zero-order chi connectivity index (χ0) is 29.6. The molecule has 4 amide bonds. The van der Waals surface area contributed by atoms with Gasteiger partial charge in [0.2, 0.25) is 23.5 Å². The van der Waals surface area contributed by atoms with E-state index >= 15 is 0 Å². The molecule has 0 saturated carbocycles. The van der Waals surface area contributed by atoms with Crippen LogP contribution < -0.4 is 16.0 Å². The Labute approximate surface area is 219 Å². The lowest BCUT2D eigenvalue weighted by atomic mass is 10.1. The Morgan fingerprint density at radius 1 is 0.921 bits per heavy atom. The van der Waals surface area contributed by atoms with E-state index in [-0.39, 0.29) is 18.7 Å². The molecule has 14 heteroatoms. The van der Waals surface area contributed by atoms with Gasteiger partial charge in [0.25, 0.3) is 0 Å². The normalized spacial score (nSPS) is 18.2. The van der Waals surface area contributed by atoms with Crippen LogP contribution in [-0.4, -0.2) is 71.1 Å². The number of esters is 1. The van der Waals surface area contributed by atoms with E-state index in [0.29, 0.717) is 6.42 Å². The number of carbonyl (C=O) groups excluding carboxylic acids is 5. The molecule has 0 unspecified atom stereocenters. The monoisotopic (exact) mass is 550 g/mol. The summed E-state index contributed by atoms with van der Waals surface area (Å²) in [5.74, 6) is -5.92. The molecule has 0 aromatic carbocycles.